The molecular formula is C48H42IrN2O-2. The van der Waals surface area contributed by atoms with Crippen molar-refractivity contribution < 1.29 is 34.4 Å². The Kier molecular flexibility index (Phi) is 7.99. The maximum absolute atomic E-state index is 9.28. The van der Waals surface area contributed by atoms with Crippen molar-refractivity contribution >= 4 is 10.8 Å². The summed E-state index contributed by atoms with van der Waals surface area (Å²) in [4.78, 5) is 8.80. The van der Waals surface area contributed by atoms with Gasteiger partial charge >= 0.3 is 0 Å². The summed E-state index contributed by atoms with van der Waals surface area (Å²) in [6.45, 7) is -0.699. The number of ether oxygens (including phenoxy) is 1. The third kappa shape index (κ3) is 7.11. The number of fused-ring (bicyclic) bond motifs is 2. The average molecular weight is 862 g/mol. The van der Waals surface area contributed by atoms with Gasteiger partial charge in [-0.05, 0) is 113 Å². The summed E-state index contributed by atoms with van der Waals surface area (Å²) in [6.07, 6.45) is 6.11. The molecule has 0 spiro atoms. The Bertz CT molecular complexity index is 2570. The van der Waals surface area contributed by atoms with E-state index in [0.717, 1.165) is 46.0 Å². The van der Waals surface area contributed by atoms with Gasteiger partial charge in [-0.15, -0.1) is 54.1 Å². The molecule has 1 radical (unpaired) electrons. The second kappa shape index (κ2) is 15.0. The van der Waals surface area contributed by atoms with E-state index >= 15 is 0 Å². The van der Waals surface area contributed by atoms with Crippen LogP contribution in [0.1, 0.15) is 71.7 Å². The van der Waals surface area contributed by atoms with Crippen LogP contribution in [0.4, 0.5) is 0 Å². The van der Waals surface area contributed by atoms with Crippen LogP contribution < -0.4 is 4.74 Å². The molecule has 0 unspecified atom stereocenters. The first-order valence-corrected chi connectivity index (χ1v) is 17.4. The molecule has 2 aromatic heterocycles. The second-order valence-corrected chi connectivity index (χ2v) is 14.0. The zero-order valence-electron chi connectivity index (χ0n) is 36.1. The van der Waals surface area contributed by atoms with Gasteiger partial charge in [-0.1, -0.05) is 91.7 Å². The Balaban J connectivity index is 0.000000347. The maximum atomic E-state index is 9.28. The summed E-state index contributed by atoms with van der Waals surface area (Å²) in [6, 6.07) is 42.5. The maximum Gasteiger partial charge on any atom is 0.122 e. The van der Waals surface area contributed by atoms with Gasteiger partial charge in [-0.2, -0.15) is 0 Å². The summed E-state index contributed by atoms with van der Waals surface area (Å²) in [5.41, 5.74) is 6.18. The van der Waals surface area contributed by atoms with Crippen molar-refractivity contribution in [3.63, 3.8) is 0 Å². The zero-order valence-corrected chi connectivity index (χ0v) is 31.5. The van der Waals surface area contributed by atoms with E-state index in [0.29, 0.717) is 46.7 Å². The predicted octanol–water partition coefficient (Wildman–Crippen LogP) is 13.0. The van der Waals surface area contributed by atoms with Crippen molar-refractivity contribution in [3.05, 3.63) is 156 Å². The minimum absolute atomic E-state index is 0. The number of rotatable bonds is 4. The summed E-state index contributed by atoms with van der Waals surface area (Å²) >= 11 is 0. The van der Waals surface area contributed by atoms with Gasteiger partial charge in [0, 0.05) is 47.5 Å². The van der Waals surface area contributed by atoms with Crippen molar-refractivity contribution in [1.29, 1.82) is 0 Å². The van der Waals surface area contributed by atoms with Crippen molar-refractivity contribution in [2.24, 2.45) is 5.41 Å². The SMILES string of the molecule is [2H]C([2H])([2H])c1cnc(-c2[c-]ccc3c2Oc2cccc4cccc-3c24)cc1-c1ccc(C2([2H])CCC(C)(C)CC2)cc1C([2H])([2H])[2H].[Ir].[c-]1ccccc1-c1ccccn1. The summed E-state index contributed by atoms with van der Waals surface area (Å²) in [5, 5.41) is 2.07. The van der Waals surface area contributed by atoms with Crippen LogP contribution in [-0.2, 0) is 20.1 Å². The normalized spacial score (nSPS) is 17.4. The fourth-order valence-corrected chi connectivity index (χ4v) is 7.12. The molecule has 0 atom stereocenters. The molecule has 0 amide bonds. The van der Waals surface area contributed by atoms with E-state index in [1.165, 1.54) is 6.20 Å². The molecule has 1 aliphatic carbocycles. The van der Waals surface area contributed by atoms with Crippen LogP contribution in [0.15, 0.2) is 128 Å². The predicted molar refractivity (Wildman–Crippen MR) is 210 cm³/mol. The molecule has 3 nitrogen and oxygen atoms in total. The molecule has 0 N–H and O–H groups in total. The van der Waals surface area contributed by atoms with Gasteiger partial charge in [0.1, 0.15) is 5.75 Å². The smallest absolute Gasteiger partial charge is 0.122 e. The molecule has 2 aliphatic rings. The molecule has 0 saturated heterocycles. The van der Waals surface area contributed by atoms with Crippen LogP contribution in [0, 0.1) is 31.3 Å². The van der Waals surface area contributed by atoms with E-state index in [9.17, 15) is 1.37 Å². The molecule has 0 bridgehead atoms. The largest absolute Gasteiger partial charge is 0.501 e. The van der Waals surface area contributed by atoms with E-state index in [2.05, 4.69) is 35.9 Å². The number of hydrogen-bond donors (Lipinski definition) is 0. The first-order valence-electron chi connectivity index (χ1n) is 20.9. The Morgan fingerprint density at radius 2 is 1.56 bits per heavy atom. The van der Waals surface area contributed by atoms with Crippen LogP contribution in [0.3, 0.4) is 0 Å². The molecule has 1 fully saturated rings. The number of benzene rings is 5. The molecule has 4 heteroatoms. The van der Waals surface area contributed by atoms with E-state index in [-0.39, 0.29) is 42.2 Å². The molecule has 9 rings (SSSR count). The first kappa shape index (κ1) is 27.7. The van der Waals surface area contributed by atoms with Gasteiger partial charge in [0.2, 0.25) is 0 Å². The third-order valence-corrected chi connectivity index (χ3v) is 10.1. The summed E-state index contributed by atoms with van der Waals surface area (Å²) < 4.78 is 66.2. The summed E-state index contributed by atoms with van der Waals surface area (Å²) in [5.74, 6) is 0.354. The van der Waals surface area contributed by atoms with Gasteiger partial charge < -0.3 is 14.7 Å². The van der Waals surface area contributed by atoms with Gasteiger partial charge in [0.05, 0.1) is 5.75 Å². The molecule has 3 heterocycles. The van der Waals surface area contributed by atoms with Gasteiger partial charge in [-0.3, -0.25) is 0 Å². The zero-order chi connectivity index (χ0) is 40.9. The fraction of sp³-hybridized carbons (Fsp3) is 0.208. The molecule has 5 aromatic carbocycles. The van der Waals surface area contributed by atoms with Crippen molar-refractivity contribution in [1.82, 2.24) is 9.97 Å². The molecular weight excluding hydrogens is 813 g/mol. The Morgan fingerprint density at radius 1 is 0.731 bits per heavy atom. The monoisotopic (exact) mass is 862 g/mol. The number of hydrogen-bond acceptors (Lipinski definition) is 3. The van der Waals surface area contributed by atoms with Crippen molar-refractivity contribution in [2.75, 3.05) is 0 Å². The minimum atomic E-state index is -2.55. The third-order valence-electron chi connectivity index (χ3n) is 10.1. The van der Waals surface area contributed by atoms with Crippen LogP contribution in [-0.4, -0.2) is 9.97 Å². The van der Waals surface area contributed by atoms with E-state index < -0.39 is 19.6 Å². The van der Waals surface area contributed by atoms with Crippen molar-refractivity contribution in [3.8, 4) is 56.3 Å². The molecule has 1 saturated carbocycles. The standard InChI is InChI=1S/C37H34NO.C11H8N.Ir/c1-23-20-27(25-16-18-37(3,4)19-17-25)14-15-28(23)32-21-33(38-22-24(32)2)31-12-7-11-30-29-10-5-8-26-9-6-13-34(35(26)29)39-36(30)31;1-2-6-10(7-3-1)11-8-4-5-9-12-11;/h5-11,13-15,20-22,25H,16-19H2,1-4H3;1-6,8-9H;/q2*-1;/i1D3,2D3,25D;;. The van der Waals surface area contributed by atoms with E-state index in [4.69, 9.17) is 13.0 Å². The van der Waals surface area contributed by atoms with Crippen LogP contribution in [0.5, 0.6) is 11.5 Å². The molecule has 52 heavy (non-hydrogen) atoms. The van der Waals surface area contributed by atoms with E-state index in [1.807, 2.05) is 84.9 Å². The van der Waals surface area contributed by atoms with Crippen LogP contribution in [0.25, 0.3) is 55.5 Å². The number of aromatic nitrogens is 2. The van der Waals surface area contributed by atoms with E-state index in [1.54, 1.807) is 36.5 Å². The van der Waals surface area contributed by atoms with Crippen LogP contribution >= 0.6 is 0 Å². The minimum Gasteiger partial charge on any atom is -0.501 e. The van der Waals surface area contributed by atoms with Crippen LogP contribution in [0.2, 0.25) is 0 Å². The Labute approximate surface area is 331 Å². The molecule has 261 valence electrons. The van der Waals surface area contributed by atoms with Gasteiger partial charge in [-0.25, -0.2) is 0 Å². The molecule has 1 aliphatic heterocycles. The van der Waals surface area contributed by atoms with Gasteiger partial charge in [0.25, 0.3) is 0 Å². The second-order valence-electron chi connectivity index (χ2n) is 14.0. The fourth-order valence-electron chi connectivity index (χ4n) is 7.12. The number of pyridine rings is 2. The average Bonchev–Trinajstić information content (AvgIpc) is 3.22. The Morgan fingerprint density at radius 3 is 2.33 bits per heavy atom. The van der Waals surface area contributed by atoms with Gasteiger partial charge in [0.15, 0.2) is 0 Å². The number of aryl methyl sites for hydroxylation is 2. The van der Waals surface area contributed by atoms with Crippen molar-refractivity contribution in [2.45, 2.75) is 59.1 Å². The first-order chi connectivity index (χ1) is 27.6. The quantitative estimate of drug-likeness (QED) is 0.165. The Hall–Kier alpha value is -4.89. The summed E-state index contributed by atoms with van der Waals surface area (Å²) in [7, 11) is 0. The topological polar surface area (TPSA) is 35.0 Å². The number of nitrogens with zero attached hydrogens (tertiary/aromatic N) is 2. The molecule has 7 aromatic rings.